The number of piperidine rings is 1. The number of β-amino-alcohol motifs (C(OH)–C–C–N with tert-alkyl or cyclic N) is 1. The Morgan fingerprint density at radius 2 is 1.83 bits per heavy atom. The molecule has 0 spiro atoms. The van der Waals surface area contributed by atoms with Gasteiger partial charge in [0.2, 0.25) is 0 Å². The van der Waals surface area contributed by atoms with Crippen molar-refractivity contribution in [2.75, 3.05) is 13.1 Å². The third kappa shape index (κ3) is 4.64. The summed E-state index contributed by atoms with van der Waals surface area (Å²) in [6.45, 7) is 10.7. The number of ether oxygens (including phenoxy) is 1. The molecule has 0 radical (unpaired) electrons. The summed E-state index contributed by atoms with van der Waals surface area (Å²) in [6.07, 6.45) is -0.985. The molecular weight excluding hydrogens is 326 g/mol. The number of benzene rings is 1. The summed E-state index contributed by atoms with van der Waals surface area (Å²) in [4.78, 5) is 14.0. The van der Waals surface area contributed by atoms with Gasteiger partial charge in [-0.3, -0.25) is 0 Å². The van der Waals surface area contributed by atoms with Gasteiger partial charge < -0.3 is 14.7 Å². The minimum atomic E-state index is -0.625. The highest BCUT2D eigenvalue weighted by Gasteiger charge is 2.41. The maximum Gasteiger partial charge on any atom is 0.410 e. The molecule has 0 saturated carbocycles. The molecule has 1 heterocycles. The van der Waals surface area contributed by atoms with E-state index in [2.05, 4.69) is 13.8 Å². The van der Waals surface area contributed by atoms with Crippen molar-refractivity contribution < 1.29 is 14.6 Å². The first kappa shape index (κ1) is 19.1. The molecule has 1 aliphatic rings. The Kier molecular flexibility index (Phi) is 5.82. The second kappa shape index (κ2) is 7.32. The first-order chi connectivity index (χ1) is 11.1. The molecule has 5 heteroatoms. The quantitative estimate of drug-likeness (QED) is 0.862. The van der Waals surface area contributed by atoms with Gasteiger partial charge in [0, 0.05) is 17.5 Å². The lowest BCUT2D eigenvalue weighted by Crippen LogP contribution is -2.52. The molecule has 0 aliphatic carbocycles. The maximum atomic E-state index is 12.4. The summed E-state index contributed by atoms with van der Waals surface area (Å²) >= 11 is 5.98. The topological polar surface area (TPSA) is 49.8 Å². The molecule has 1 fully saturated rings. The van der Waals surface area contributed by atoms with E-state index < -0.39 is 11.7 Å². The van der Waals surface area contributed by atoms with E-state index in [1.54, 1.807) is 4.90 Å². The SMILES string of the molecule is CC(C)C1CN(C(=O)OC(C)(C)C)CC(O)C1c1ccc(Cl)cc1. The van der Waals surface area contributed by atoms with Gasteiger partial charge in [-0.15, -0.1) is 0 Å². The van der Waals surface area contributed by atoms with Crippen LogP contribution in [0.3, 0.4) is 0 Å². The third-order valence-corrected chi connectivity index (χ3v) is 4.73. The van der Waals surface area contributed by atoms with Gasteiger partial charge in [-0.25, -0.2) is 4.79 Å². The average Bonchev–Trinajstić information content (AvgIpc) is 2.45. The Bertz CT molecular complexity index is 565. The number of nitrogens with zero attached hydrogens (tertiary/aromatic N) is 1. The molecule has 1 aromatic carbocycles. The standard InChI is InChI=1S/C19H28ClNO3/c1-12(2)15-10-21(18(23)24-19(3,4)5)11-16(22)17(15)13-6-8-14(20)9-7-13/h6-9,12,15-17,22H,10-11H2,1-5H3. The highest BCUT2D eigenvalue weighted by molar-refractivity contribution is 6.30. The third-order valence-electron chi connectivity index (χ3n) is 4.48. The van der Waals surface area contributed by atoms with Crippen LogP contribution in [-0.2, 0) is 4.74 Å². The average molecular weight is 354 g/mol. The Hall–Kier alpha value is -1.26. The number of amides is 1. The first-order valence-electron chi connectivity index (χ1n) is 8.50. The number of halogens is 1. The molecule has 3 atom stereocenters. The van der Waals surface area contributed by atoms with E-state index in [0.29, 0.717) is 17.5 Å². The van der Waals surface area contributed by atoms with Gasteiger partial charge >= 0.3 is 6.09 Å². The Morgan fingerprint density at radius 3 is 2.33 bits per heavy atom. The summed E-state index contributed by atoms with van der Waals surface area (Å²) in [7, 11) is 0. The van der Waals surface area contributed by atoms with Crippen molar-refractivity contribution in [1.29, 1.82) is 0 Å². The summed E-state index contributed by atoms with van der Waals surface area (Å²) in [5, 5.41) is 11.4. The zero-order chi connectivity index (χ0) is 18.1. The lowest BCUT2D eigenvalue weighted by molar-refractivity contribution is -0.0231. The van der Waals surface area contributed by atoms with E-state index in [1.165, 1.54) is 0 Å². The fourth-order valence-corrected chi connectivity index (χ4v) is 3.45. The molecule has 4 nitrogen and oxygen atoms in total. The molecule has 1 N–H and O–H groups in total. The number of hydrogen-bond donors (Lipinski definition) is 1. The van der Waals surface area contributed by atoms with E-state index in [0.717, 1.165) is 5.56 Å². The van der Waals surface area contributed by atoms with Crippen LogP contribution < -0.4 is 0 Å². The number of rotatable bonds is 2. The van der Waals surface area contributed by atoms with Crippen LogP contribution in [0.1, 0.15) is 46.1 Å². The van der Waals surface area contributed by atoms with Crippen molar-refractivity contribution in [3.8, 4) is 0 Å². The number of hydrogen-bond acceptors (Lipinski definition) is 3. The zero-order valence-electron chi connectivity index (χ0n) is 15.1. The van der Waals surface area contributed by atoms with E-state index in [1.807, 2.05) is 45.0 Å². The maximum absolute atomic E-state index is 12.4. The van der Waals surface area contributed by atoms with Crippen LogP contribution in [0.2, 0.25) is 5.02 Å². The van der Waals surface area contributed by atoms with Crippen LogP contribution in [0, 0.1) is 11.8 Å². The molecule has 1 aromatic rings. The van der Waals surface area contributed by atoms with Crippen molar-refractivity contribution in [3.63, 3.8) is 0 Å². The zero-order valence-corrected chi connectivity index (χ0v) is 15.9. The van der Waals surface area contributed by atoms with Gasteiger partial charge in [0.05, 0.1) is 12.6 Å². The molecule has 1 aliphatic heterocycles. The lowest BCUT2D eigenvalue weighted by Gasteiger charge is -2.44. The lowest BCUT2D eigenvalue weighted by atomic mass is 9.73. The van der Waals surface area contributed by atoms with Gasteiger partial charge in [-0.05, 0) is 50.3 Å². The van der Waals surface area contributed by atoms with Crippen LogP contribution in [0.4, 0.5) is 4.79 Å². The number of aliphatic hydroxyl groups excluding tert-OH is 1. The Morgan fingerprint density at radius 1 is 1.25 bits per heavy atom. The van der Waals surface area contributed by atoms with E-state index in [4.69, 9.17) is 16.3 Å². The van der Waals surface area contributed by atoms with Crippen LogP contribution in [-0.4, -0.2) is 40.9 Å². The minimum Gasteiger partial charge on any atom is -0.444 e. The monoisotopic (exact) mass is 353 g/mol. The van der Waals surface area contributed by atoms with E-state index >= 15 is 0 Å². The molecule has 2 rings (SSSR count). The number of likely N-dealkylation sites (tertiary alicyclic amines) is 1. The van der Waals surface area contributed by atoms with Crippen molar-refractivity contribution in [2.24, 2.45) is 11.8 Å². The van der Waals surface area contributed by atoms with Crippen LogP contribution in [0.15, 0.2) is 24.3 Å². The summed E-state index contributed by atoms with van der Waals surface area (Å²) in [5.74, 6) is 0.467. The predicted octanol–water partition coefficient (Wildman–Crippen LogP) is 4.31. The van der Waals surface area contributed by atoms with Gasteiger partial charge in [0.1, 0.15) is 5.60 Å². The summed E-state index contributed by atoms with van der Waals surface area (Å²) < 4.78 is 5.47. The van der Waals surface area contributed by atoms with Crippen molar-refractivity contribution in [1.82, 2.24) is 4.90 Å². The number of aliphatic hydroxyl groups is 1. The van der Waals surface area contributed by atoms with Crippen molar-refractivity contribution in [3.05, 3.63) is 34.9 Å². The molecule has 24 heavy (non-hydrogen) atoms. The second-order valence-corrected chi connectivity index (χ2v) is 8.37. The number of carbonyl (C=O) groups excluding carboxylic acids is 1. The second-order valence-electron chi connectivity index (χ2n) is 7.94. The molecule has 1 amide bonds. The fourth-order valence-electron chi connectivity index (χ4n) is 3.32. The van der Waals surface area contributed by atoms with E-state index in [9.17, 15) is 9.90 Å². The summed E-state index contributed by atoms with van der Waals surface area (Å²) in [6, 6.07) is 7.63. The highest BCUT2D eigenvalue weighted by atomic mass is 35.5. The molecule has 3 unspecified atom stereocenters. The van der Waals surface area contributed by atoms with Crippen LogP contribution in [0.5, 0.6) is 0 Å². The van der Waals surface area contributed by atoms with Gasteiger partial charge in [0.25, 0.3) is 0 Å². The van der Waals surface area contributed by atoms with Crippen molar-refractivity contribution in [2.45, 2.75) is 52.2 Å². The molecule has 0 aromatic heterocycles. The fraction of sp³-hybridized carbons (Fsp3) is 0.632. The predicted molar refractivity (Wildman–Crippen MR) is 96.3 cm³/mol. The van der Waals surface area contributed by atoms with Crippen LogP contribution >= 0.6 is 11.6 Å². The van der Waals surface area contributed by atoms with Gasteiger partial charge in [-0.2, -0.15) is 0 Å². The summed E-state index contributed by atoms with van der Waals surface area (Å²) in [5.41, 5.74) is 0.525. The highest BCUT2D eigenvalue weighted by Crippen LogP contribution is 2.38. The van der Waals surface area contributed by atoms with Crippen LogP contribution in [0.25, 0.3) is 0 Å². The van der Waals surface area contributed by atoms with Gasteiger partial charge in [0.15, 0.2) is 0 Å². The minimum absolute atomic E-state index is 0.0130. The van der Waals surface area contributed by atoms with Gasteiger partial charge in [-0.1, -0.05) is 37.6 Å². The Labute approximate surface area is 149 Å². The van der Waals surface area contributed by atoms with Crippen molar-refractivity contribution >= 4 is 17.7 Å². The largest absolute Gasteiger partial charge is 0.444 e. The Balaban J connectivity index is 2.21. The smallest absolute Gasteiger partial charge is 0.410 e. The van der Waals surface area contributed by atoms with E-state index in [-0.39, 0.29) is 24.5 Å². The number of carbonyl (C=O) groups is 1. The molecule has 0 bridgehead atoms. The molecule has 134 valence electrons. The molecule has 1 saturated heterocycles. The first-order valence-corrected chi connectivity index (χ1v) is 8.87. The normalized spacial score (nSPS) is 25.0. The molecular formula is C19H28ClNO3.